The first-order valence-electron chi connectivity index (χ1n) is 7.40. The standard InChI is InChI=1S/C16H14N6O3/c1-11-5-7-12(8-6-11)16-18-20-21(19-16)10-15(23)17-13-3-2-4-14(9-13)22(24)25/h2-9H,10H2,1H3,(H,17,23). The van der Waals surface area contributed by atoms with Crippen LogP contribution in [0, 0.1) is 17.0 Å². The Kier molecular flexibility index (Phi) is 4.46. The lowest BCUT2D eigenvalue weighted by Crippen LogP contribution is -2.20. The van der Waals surface area contributed by atoms with Gasteiger partial charge in [-0.3, -0.25) is 14.9 Å². The van der Waals surface area contributed by atoms with Gasteiger partial charge in [-0.25, -0.2) is 0 Å². The van der Waals surface area contributed by atoms with Crippen molar-refractivity contribution in [1.82, 2.24) is 20.2 Å². The molecule has 1 amide bonds. The average molecular weight is 338 g/mol. The van der Waals surface area contributed by atoms with E-state index in [0.29, 0.717) is 11.5 Å². The summed E-state index contributed by atoms with van der Waals surface area (Å²) < 4.78 is 0. The summed E-state index contributed by atoms with van der Waals surface area (Å²) in [7, 11) is 0. The summed E-state index contributed by atoms with van der Waals surface area (Å²) in [4.78, 5) is 23.4. The minimum absolute atomic E-state index is 0.0988. The number of nitro groups is 1. The second kappa shape index (κ2) is 6.87. The SMILES string of the molecule is Cc1ccc(-c2nnn(CC(=O)Nc3cccc([N+](=O)[O-])c3)n2)cc1. The zero-order valence-electron chi connectivity index (χ0n) is 13.3. The van der Waals surface area contributed by atoms with Crippen molar-refractivity contribution in [2.24, 2.45) is 0 Å². The lowest BCUT2D eigenvalue weighted by molar-refractivity contribution is -0.384. The molecular formula is C16H14N6O3. The molecule has 3 aromatic rings. The van der Waals surface area contributed by atoms with E-state index in [1.54, 1.807) is 6.07 Å². The summed E-state index contributed by atoms with van der Waals surface area (Å²) in [6.07, 6.45) is 0. The van der Waals surface area contributed by atoms with Crippen LogP contribution in [0.25, 0.3) is 11.4 Å². The largest absolute Gasteiger partial charge is 0.324 e. The molecule has 25 heavy (non-hydrogen) atoms. The number of nitro benzene ring substituents is 1. The Bertz CT molecular complexity index is 920. The lowest BCUT2D eigenvalue weighted by Gasteiger charge is -2.04. The van der Waals surface area contributed by atoms with Crippen molar-refractivity contribution in [2.45, 2.75) is 13.5 Å². The van der Waals surface area contributed by atoms with Gasteiger partial charge in [0.25, 0.3) is 5.69 Å². The van der Waals surface area contributed by atoms with Gasteiger partial charge in [0.1, 0.15) is 6.54 Å². The zero-order chi connectivity index (χ0) is 17.8. The summed E-state index contributed by atoms with van der Waals surface area (Å²) in [6, 6.07) is 13.3. The topological polar surface area (TPSA) is 116 Å². The van der Waals surface area contributed by atoms with Crippen LogP contribution in [-0.4, -0.2) is 31.0 Å². The summed E-state index contributed by atoms with van der Waals surface area (Å²) in [6.45, 7) is 1.83. The molecular weight excluding hydrogens is 324 g/mol. The van der Waals surface area contributed by atoms with Gasteiger partial charge in [0.05, 0.1) is 4.92 Å². The number of rotatable bonds is 5. The molecule has 0 aliphatic rings. The van der Waals surface area contributed by atoms with Crippen LogP contribution in [0.4, 0.5) is 11.4 Å². The Morgan fingerprint density at radius 2 is 2.00 bits per heavy atom. The van der Waals surface area contributed by atoms with Gasteiger partial charge in [-0.1, -0.05) is 35.9 Å². The van der Waals surface area contributed by atoms with Crippen LogP contribution in [0.2, 0.25) is 0 Å². The van der Waals surface area contributed by atoms with Crippen LogP contribution in [0.15, 0.2) is 48.5 Å². The van der Waals surface area contributed by atoms with Gasteiger partial charge in [-0.2, -0.15) is 4.80 Å². The molecule has 1 aromatic heterocycles. The molecule has 9 nitrogen and oxygen atoms in total. The van der Waals surface area contributed by atoms with E-state index in [2.05, 4.69) is 20.7 Å². The third-order valence-corrected chi connectivity index (χ3v) is 3.39. The van der Waals surface area contributed by atoms with Crippen LogP contribution in [0.3, 0.4) is 0 Å². The Hall–Kier alpha value is -3.62. The van der Waals surface area contributed by atoms with Crippen molar-refractivity contribution in [2.75, 3.05) is 5.32 Å². The summed E-state index contributed by atoms with van der Waals surface area (Å²) in [5, 5.41) is 25.3. The van der Waals surface area contributed by atoms with E-state index in [0.717, 1.165) is 11.1 Å². The van der Waals surface area contributed by atoms with Crippen LogP contribution >= 0.6 is 0 Å². The first kappa shape index (κ1) is 16.2. The number of nitrogens with zero attached hydrogens (tertiary/aromatic N) is 5. The fourth-order valence-corrected chi connectivity index (χ4v) is 2.15. The lowest BCUT2D eigenvalue weighted by atomic mass is 10.1. The van der Waals surface area contributed by atoms with Crippen molar-refractivity contribution < 1.29 is 9.72 Å². The molecule has 126 valence electrons. The highest BCUT2D eigenvalue weighted by Gasteiger charge is 2.11. The van der Waals surface area contributed by atoms with Crippen LogP contribution in [-0.2, 0) is 11.3 Å². The van der Waals surface area contributed by atoms with E-state index >= 15 is 0 Å². The monoisotopic (exact) mass is 338 g/mol. The predicted molar refractivity (Wildman–Crippen MR) is 89.7 cm³/mol. The number of aryl methyl sites for hydroxylation is 1. The third-order valence-electron chi connectivity index (χ3n) is 3.39. The first-order valence-corrected chi connectivity index (χ1v) is 7.40. The Balaban J connectivity index is 1.66. The number of aromatic nitrogens is 4. The molecule has 0 fully saturated rings. The van der Waals surface area contributed by atoms with Gasteiger partial charge in [0, 0.05) is 23.4 Å². The first-order chi connectivity index (χ1) is 12.0. The number of carbonyl (C=O) groups excluding carboxylic acids is 1. The van der Waals surface area contributed by atoms with E-state index < -0.39 is 10.8 Å². The fourth-order valence-electron chi connectivity index (χ4n) is 2.15. The number of non-ortho nitro benzene ring substituents is 1. The second-order valence-corrected chi connectivity index (χ2v) is 5.37. The van der Waals surface area contributed by atoms with Crippen molar-refractivity contribution in [3.8, 4) is 11.4 Å². The summed E-state index contributed by atoms with van der Waals surface area (Å²) in [5.74, 6) is 0.0107. The molecule has 0 bridgehead atoms. The maximum absolute atomic E-state index is 12.0. The number of amides is 1. The van der Waals surface area contributed by atoms with E-state index in [9.17, 15) is 14.9 Å². The number of benzene rings is 2. The van der Waals surface area contributed by atoms with E-state index in [1.807, 2.05) is 31.2 Å². The maximum atomic E-state index is 12.0. The Labute approximate surface area is 142 Å². The number of hydrogen-bond donors (Lipinski definition) is 1. The molecule has 0 aliphatic heterocycles. The zero-order valence-corrected chi connectivity index (χ0v) is 13.3. The van der Waals surface area contributed by atoms with Gasteiger partial charge >= 0.3 is 0 Å². The molecule has 0 saturated carbocycles. The van der Waals surface area contributed by atoms with Crippen molar-refractivity contribution in [1.29, 1.82) is 0 Å². The Morgan fingerprint density at radius 1 is 1.24 bits per heavy atom. The fraction of sp³-hybridized carbons (Fsp3) is 0.125. The van der Waals surface area contributed by atoms with Gasteiger partial charge in [-0.15, -0.1) is 10.2 Å². The highest BCUT2D eigenvalue weighted by atomic mass is 16.6. The summed E-state index contributed by atoms with van der Waals surface area (Å²) in [5.41, 5.74) is 2.15. The molecule has 0 spiro atoms. The molecule has 1 heterocycles. The molecule has 0 aliphatic carbocycles. The molecule has 9 heteroatoms. The number of nitrogens with one attached hydrogen (secondary N) is 1. The third kappa shape index (κ3) is 4.02. The van der Waals surface area contributed by atoms with E-state index in [-0.39, 0.29) is 12.2 Å². The van der Waals surface area contributed by atoms with E-state index in [4.69, 9.17) is 0 Å². The number of carbonyl (C=O) groups is 1. The average Bonchev–Trinajstić information content (AvgIpc) is 3.04. The number of hydrogen-bond acceptors (Lipinski definition) is 6. The Morgan fingerprint density at radius 3 is 2.72 bits per heavy atom. The van der Waals surface area contributed by atoms with Gasteiger partial charge in [0.15, 0.2) is 0 Å². The summed E-state index contributed by atoms with van der Waals surface area (Å²) >= 11 is 0. The molecule has 0 unspecified atom stereocenters. The van der Waals surface area contributed by atoms with Gasteiger partial charge in [-0.05, 0) is 18.2 Å². The number of tetrazole rings is 1. The highest BCUT2D eigenvalue weighted by Crippen LogP contribution is 2.17. The minimum atomic E-state index is -0.525. The maximum Gasteiger partial charge on any atom is 0.271 e. The van der Waals surface area contributed by atoms with Crippen molar-refractivity contribution in [3.05, 3.63) is 64.2 Å². The quantitative estimate of drug-likeness (QED) is 0.563. The van der Waals surface area contributed by atoms with Crippen molar-refractivity contribution in [3.63, 3.8) is 0 Å². The van der Waals surface area contributed by atoms with E-state index in [1.165, 1.54) is 23.0 Å². The van der Waals surface area contributed by atoms with Crippen molar-refractivity contribution >= 4 is 17.3 Å². The minimum Gasteiger partial charge on any atom is -0.324 e. The molecule has 3 rings (SSSR count). The molecule has 0 radical (unpaired) electrons. The van der Waals surface area contributed by atoms with Gasteiger partial charge < -0.3 is 5.32 Å². The van der Waals surface area contributed by atoms with Crippen LogP contribution in [0.1, 0.15) is 5.56 Å². The number of anilines is 1. The van der Waals surface area contributed by atoms with Crippen LogP contribution < -0.4 is 5.32 Å². The molecule has 2 aromatic carbocycles. The smallest absolute Gasteiger partial charge is 0.271 e. The highest BCUT2D eigenvalue weighted by molar-refractivity contribution is 5.90. The van der Waals surface area contributed by atoms with Crippen LogP contribution in [0.5, 0.6) is 0 Å². The predicted octanol–water partition coefficient (Wildman–Crippen LogP) is 2.20. The molecule has 0 saturated heterocycles. The van der Waals surface area contributed by atoms with Gasteiger partial charge in [0.2, 0.25) is 11.7 Å². The second-order valence-electron chi connectivity index (χ2n) is 5.37. The molecule has 1 N–H and O–H groups in total. The normalized spacial score (nSPS) is 10.4. The molecule has 0 atom stereocenters.